The lowest BCUT2D eigenvalue weighted by atomic mass is 10.2. The number of rotatable bonds is 6. The van der Waals surface area contributed by atoms with Crippen LogP contribution in [-0.2, 0) is 6.18 Å². The van der Waals surface area contributed by atoms with E-state index < -0.39 is 17.8 Å². The van der Waals surface area contributed by atoms with Crippen molar-refractivity contribution in [1.82, 2.24) is 19.5 Å². The van der Waals surface area contributed by atoms with Crippen LogP contribution in [0.5, 0.6) is 5.75 Å². The van der Waals surface area contributed by atoms with Crippen molar-refractivity contribution in [1.29, 1.82) is 0 Å². The number of aromatic nitrogens is 4. The lowest BCUT2D eigenvalue weighted by Gasteiger charge is -2.11. The summed E-state index contributed by atoms with van der Waals surface area (Å²) in [6, 6.07) is 5.02. The van der Waals surface area contributed by atoms with Gasteiger partial charge in [-0.1, -0.05) is 28.4 Å². The summed E-state index contributed by atoms with van der Waals surface area (Å²) < 4.78 is 50.8. The van der Waals surface area contributed by atoms with Gasteiger partial charge in [0.2, 0.25) is 5.82 Å². The zero-order chi connectivity index (χ0) is 23.0. The summed E-state index contributed by atoms with van der Waals surface area (Å²) in [6.45, 7) is -0.117. The van der Waals surface area contributed by atoms with Crippen LogP contribution in [0.4, 0.5) is 13.2 Å². The van der Waals surface area contributed by atoms with Crippen molar-refractivity contribution < 1.29 is 27.5 Å². The molecule has 4 aromatic rings. The third kappa shape index (κ3) is 4.51. The summed E-state index contributed by atoms with van der Waals surface area (Å²) in [7, 11) is 0. The van der Waals surface area contributed by atoms with Gasteiger partial charge in [0.05, 0.1) is 28.3 Å². The van der Waals surface area contributed by atoms with Crippen LogP contribution in [-0.4, -0.2) is 43.9 Å². The van der Waals surface area contributed by atoms with Crippen molar-refractivity contribution in [3.05, 3.63) is 52.3 Å². The Morgan fingerprint density at radius 2 is 1.94 bits per heavy atom. The molecule has 3 heterocycles. The van der Waals surface area contributed by atoms with E-state index in [9.17, 15) is 13.2 Å². The molecule has 0 bridgehead atoms. The highest BCUT2D eigenvalue weighted by Crippen LogP contribution is 2.34. The first-order valence-electron chi connectivity index (χ1n) is 9.04. The first-order chi connectivity index (χ1) is 15.2. The van der Waals surface area contributed by atoms with Crippen molar-refractivity contribution in [3.63, 3.8) is 0 Å². The molecule has 3 N–H and O–H groups in total. The van der Waals surface area contributed by atoms with Crippen molar-refractivity contribution in [2.24, 2.45) is 5.73 Å². The number of halogens is 5. The molecule has 0 aliphatic heterocycles. The van der Waals surface area contributed by atoms with E-state index >= 15 is 0 Å². The predicted octanol–water partition coefficient (Wildman–Crippen LogP) is 4.08. The Hall–Kier alpha value is -2.86. The molecule has 13 heteroatoms. The predicted molar refractivity (Wildman–Crippen MR) is 109 cm³/mol. The Bertz CT molecular complexity index is 1280. The number of hydrogen-bond donors (Lipinski definition) is 2. The van der Waals surface area contributed by atoms with Crippen LogP contribution >= 0.6 is 23.2 Å². The Balaban J connectivity index is 1.61. The molecule has 0 aliphatic carbocycles. The first kappa shape index (κ1) is 22.3. The van der Waals surface area contributed by atoms with Crippen LogP contribution in [0.2, 0.25) is 10.0 Å². The lowest BCUT2D eigenvalue weighted by Crippen LogP contribution is -2.31. The lowest BCUT2D eigenvalue weighted by molar-refractivity contribution is -0.137. The van der Waals surface area contributed by atoms with Gasteiger partial charge in [0, 0.05) is 18.0 Å². The molecule has 0 fully saturated rings. The molecule has 1 aromatic carbocycles. The zero-order valence-corrected chi connectivity index (χ0v) is 17.5. The number of pyridine rings is 1. The van der Waals surface area contributed by atoms with Gasteiger partial charge in [-0.3, -0.25) is 0 Å². The second-order valence-electron chi connectivity index (χ2n) is 6.75. The van der Waals surface area contributed by atoms with Gasteiger partial charge in [-0.25, -0.2) is 4.98 Å². The fourth-order valence-corrected chi connectivity index (χ4v) is 3.29. The third-order valence-corrected chi connectivity index (χ3v) is 4.95. The summed E-state index contributed by atoms with van der Waals surface area (Å²) in [4.78, 5) is 8.41. The van der Waals surface area contributed by atoms with Gasteiger partial charge < -0.3 is 24.5 Å². The van der Waals surface area contributed by atoms with Gasteiger partial charge in [0.25, 0.3) is 5.89 Å². The van der Waals surface area contributed by atoms with E-state index in [0.29, 0.717) is 11.3 Å². The number of aliphatic hydroxyl groups is 1. The molecule has 0 saturated heterocycles. The zero-order valence-electron chi connectivity index (χ0n) is 16.0. The second kappa shape index (κ2) is 8.58. The van der Waals surface area contributed by atoms with Gasteiger partial charge in [0.15, 0.2) is 5.65 Å². The largest absolute Gasteiger partial charge is 0.492 e. The molecule has 0 amide bonds. The van der Waals surface area contributed by atoms with E-state index in [2.05, 4.69) is 15.1 Å². The Morgan fingerprint density at radius 1 is 1.16 bits per heavy atom. The van der Waals surface area contributed by atoms with E-state index in [0.717, 1.165) is 16.7 Å². The summed E-state index contributed by atoms with van der Waals surface area (Å²) in [6.07, 6.45) is -2.39. The maximum Gasteiger partial charge on any atom is 0.417 e. The molecule has 1 unspecified atom stereocenters. The Morgan fingerprint density at radius 3 is 2.62 bits per heavy atom. The fourth-order valence-electron chi connectivity index (χ4n) is 2.77. The van der Waals surface area contributed by atoms with Crippen molar-refractivity contribution in [3.8, 4) is 28.7 Å². The molecule has 8 nitrogen and oxygen atoms in total. The highest BCUT2D eigenvalue weighted by molar-refractivity contribution is 6.33. The molecule has 1 atom stereocenters. The molecule has 0 radical (unpaired) electrons. The van der Waals surface area contributed by atoms with Gasteiger partial charge in [-0.2, -0.15) is 18.2 Å². The van der Waals surface area contributed by atoms with E-state index in [-0.39, 0.29) is 46.3 Å². The molecule has 0 aliphatic rings. The number of fused-ring (bicyclic) bond motifs is 1. The van der Waals surface area contributed by atoms with Crippen LogP contribution in [0.3, 0.4) is 0 Å². The van der Waals surface area contributed by atoms with Crippen LogP contribution < -0.4 is 10.5 Å². The van der Waals surface area contributed by atoms with Crippen LogP contribution in [0.25, 0.3) is 28.6 Å². The normalized spacial score (nSPS) is 13.0. The van der Waals surface area contributed by atoms with Crippen LogP contribution in [0, 0.1) is 0 Å². The molecular weight excluding hydrogens is 474 g/mol. The van der Waals surface area contributed by atoms with Crippen molar-refractivity contribution in [2.75, 3.05) is 13.2 Å². The molecule has 0 spiro atoms. The van der Waals surface area contributed by atoms with E-state index in [1.165, 1.54) is 12.3 Å². The highest BCUT2D eigenvalue weighted by Gasteiger charge is 2.32. The molecule has 168 valence electrons. The van der Waals surface area contributed by atoms with Crippen LogP contribution in [0.15, 0.2) is 41.2 Å². The van der Waals surface area contributed by atoms with Crippen molar-refractivity contribution in [2.45, 2.75) is 12.2 Å². The minimum absolute atomic E-state index is 0.0290. The fraction of sp³-hybridized carbons (Fsp3) is 0.211. The maximum absolute atomic E-state index is 13.0. The van der Waals surface area contributed by atoms with E-state index in [1.54, 1.807) is 12.1 Å². The Labute approximate surface area is 188 Å². The SMILES string of the molecule is NC(CO)COc1ccc(-c2noc(-c3cn4cc(C(F)(F)F)cc(Cl)c4n3)n2)c(Cl)c1. The summed E-state index contributed by atoms with van der Waals surface area (Å²) in [5.41, 5.74) is 5.35. The number of imidazole rings is 1. The number of ether oxygens (including phenoxy) is 1. The Kier molecular flexibility index (Phi) is 5.99. The standard InChI is InChI=1S/C19H14Cl2F3N5O3/c20-13-4-11(31-8-10(25)7-30)1-2-12(13)16-27-18(32-28-16)15-6-29-5-9(19(22,23)24)3-14(21)17(29)26-15/h1-6,10,30H,7-8,25H2. The maximum atomic E-state index is 13.0. The first-order valence-corrected chi connectivity index (χ1v) is 9.80. The molecule has 4 rings (SSSR count). The van der Waals surface area contributed by atoms with Crippen LogP contribution in [0.1, 0.15) is 5.56 Å². The molecule has 0 saturated carbocycles. The number of alkyl halides is 3. The number of nitrogens with zero attached hydrogens (tertiary/aromatic N) is 4. The summed E-state index contributed by atoms with van der Waals surface area (Å²) >= 11 is 12.2. The molecular formula is C19H14Cl2F3N5O3. The number of hydrogen-bond acceptors (Lipinski definition) is 7. The summed E-state index contributed by atoms with van der Waals surface area (Å²) in [5.74, 6) is 0.545. The average molecular weight is 488 g/mol. The second-order valence-corrected chi connectivity index (χ2v) is 7.56. The van der Waals surface area contributed by atoms with Gasteiger partial charge in [-0.15, -0.1) is 0 Å². The molecule has 3 aromatic heterocycles. The van der Waals surface area contributed by atoms with Gasteiger partial charge in [-0.05, 0) is 24.3 Å². The topological polar surface area (TPSA) is 112 Å². The quantitative estimate of drug-likeness (QED) is 0.421. The average Bonchev–Trinajstić information content (AvgIpc) is 3.38. The number of nitrogens with two attached hydrogens (primary N) is 1. The van der Waals surface area contributed by atoms with E-state index in [4.69, 9.17) is 43.3 Å². The third-order valence-electron chi connectivity index (χ3n) is 4.36. The number of aliphatic hydroxyl groups excluding tert-OH is 1. The van der Waals surface area contributed by atoms with E-state index in [1.807, 2.05) is 0 Å². The smallest absolute Gasteiger partial charge is 0.417 e. The van der Waals surface area contributed by atoms with Gasteiger partial charge in [0.1, 0.15) is 18.1 Å². The van der Waals surface area contributed by atoms with Gasteiger partial charge >= 0.3 is 6.18 Å². The van der Waals surface area contributed by atoms with Crippen molar-refractivity contribution >= 4 is 28.8 Å². The minimum atomic E-state index is -4.56. The monoisotopic (exact) mass is 487 g/mol. The highest BCUT2D eigenvalue weighted by atomic mass is 35.5. The molecule has 32 heavy (non-hydrogen) atoms. The minimum Gasteiger partial charge on any atom is -0.492 e. The number of benzene rings is 1. The summed E-state index contributed by atoms with van der Waals surface area (Å²) in [5, 5.41) is 12.9.